The maximum atomic E-state index is 12.8. The first kappa shape index (κ1) is 26.4. The van der Waals surface area contributed by atoms with E-state index in [0.717, 1.165) is 27.9 Å². The van der Waals surface area contributed by atoms with Gasteiger partial charge in [0.05, 0.1) is 43.7 Å². The molecule has 0 aliphatic heterocycles. The van der Waals surface area contributed by atoms with E-state index in [1.165, 1.54) is 0 Å². The molecule has 39 heavy (non-hydrogen) atoms. The number of nitrogens with zero attached hydrogens (tertiary/aromatic N) is 2. The van der Waals surface area contributed by atoms with Crippen LogP contribution in [0.3, 0.4) is 0 Å². The van der Waals surface area contributed by atoms with E-state index in [9.17, 15) is 9.59 Å². The largest absolute Gasteiger partial charge is 0.452 e. The van der Waals surface area contributed by atoms with E-state index >= 15 is 0 Å². The number of amides is 1. The molecular formula is C31H23Cl2N3O3. The van der Waals surface area contributed by atoms with Crippen LogP contribution in [0.15, 0.2) is 84.9 Å². The smallest absolute Gasteiger partial charge is 0.338 e. The Labute approximate surface area is 235 Å². The Morgan fingerprint density at radius 1 is 0.769 bits per heavy atom. The number of nitrogens with one attached hydrogen (secondary N) is 1. The van der Waals surface area contributed by atoms with Gasteiger partial charge in [-0.15, -0.1) is 0 Å². The zero-order valence-corrected chi connectivity index (χ0v) is 22.7. The number of anilines is 1. The van der Waals surface area contributed by atoms with Crippen molar-refractivity contribution in [3.63, 3.8) is 0 Å². The molecule has 0 spiro atoms. The molecule has 1 amide bonds. The van der Waals surface area contributed by atoms with Crippen molar-refractivity contribution in [1.29, 1.82) is 0 Å². The lowest BCUT2D eigenvalue weighted by molar-refractivity contribution is -0.119. The molecule has 0 saturated carbocycles. The lowest BCUT2D eigenvalue weighted by Gasteiger charge is -2.12. The third-order valence-corrected chi connectivity index (χ3v) is 6.93. The zero-order chi connectivity index (χ0) is 27.5. The molecule has 4 aromatic carbocycles. The van der Waals surface area contributed by atoms with Gasteiger partial charge in [-0.1, -0.05) is 88.9 Å². The second kappa shape index (κ2) is 11.2. The summed E-state index contributed by atoms with van der Waals surface area (Å²) in [5.74, 6) is -1.21. The van der Waals surface area contributed by atoms with Crippen LogP contribution in [0.4, 0.5) is 5.69 Å². The third-order valence-electron chi connectivity index (χ3n) is 6.11. The van der Waals surface area contributed by atoms with Gasteiger partial charge in [-0.05, 0) is 44.2 Å². The monoisotopic (exact) mass is 555 g/mol. The fourth-order valence-corrected chi connectivity index (χ4v) is 4.36. The van der Waals surface area contributed by atoms with Crippen molar-refractivity contribution >= 4 is 51.8 Å². The van der Waals surface area contributed by atoms with Gasteiger partial charge in [0, 0.05) is 11.1 Å². The summed E-state index contributed by atoms with van der Waals surface area (Å²) >= 11 is 12.1. The molecule has 194 valence electrons. The van der Waals surface area contributed by atoms with Crippen molar-refractivity contribution in [1.82, 2.24) is 9.97 Å². The lowest BCUT2D eigenvalue weighted by atomic mass is 10.0. The van der Waals surface area contributed by atoms with Gasteiger partial charge in [-0.25, -0.2) is 14.8 Å². The number of carbonyl (C=O) groups excluding carboxylic acids is 2. The Morgan fingerprint density at radius 3 is 1.97 bits per heavy atom. The maximum absolute atomic E-state index is 12.8. The van der Waals surface area contributed by atoms with Crippen LogP contribution in [0, 0.1) is 13.8 Å². The summed E-state index contributed by atoms with van der Waals surface area (Å²) in [5, 5.41) is 3.10. The van der Waals surface area contributed by atoms with Crippen LogP contribution in [0.1, 0.15) is 21.5 Å². The molecule has 1 aromatic heterocycles. The predicted octanol–water partition coefficient (Wildman–Crippen LogP) is 7.68. The van der Waals surface area contributed by atoms with Crippen LogP contribution in [0.5, 0.6) is 0 Å². The number of hydrogen-bond acceptors (Lipinski definition) is 5. The van der Waals surface area contributed by atoms with Crippen LogP contribution in [0.2, 0.25) is 10.0 Å². The van der Waals surface area contributed by atoms with E-state index in [-0.39, 0.29) is 10.6 Å². The van der Waals surface area contributed by atoms with Gasteiger partial charge < -0.3 is 10.1 Å². The van der Waals surface area contributed by atoms with Gasteiger partial charge in [0.2, 0.25) is 0 Å². The van der Waals surface area contributed by atoms with Crippen molar-refractivity contribution in [2.45, 2.75) is 13.8 Å². The van der Waals surface area contributed by atoms with Gasteiger partial charge in [0.1, 0.15) is 0 Å². The minimum Gasteiger partial charge on any atom is -0.452 e. The van der Waals surface area contributed by atoms with Gasteiger partial charge in [0.25, 0.3) is 5.91 Å². The summed E-state index contributed by atoms with van der Waals surface area (Å²) in [4.78, 5) is 34.9. The van der Waals surface area contributed by atoms with Crippen molar-refractivity contribution in [3.05, 3.63) is 112 Å². The fraction of sp³-hybridized carbons (Fsp3) is 0.0968. The minimum atomic E-state index is -0.662. The highest BCUT2D eigenvalue weighted by molar-refractivity contribution is 6.44. The average Bonchev–Trinajstić information content (AvgIpc) is 2.94. The van der Waals surface area contributed by atoms with Crippen molar-refractivity contribution < 1.29 is 14.3 Å². The van der Waals surface area contributed by atoms with E-state index < -0.39 is 18.5 Å². The first-order chi connectivity index (χ1) is 18.8. The maximum Gasteiger partial charge on any atom is 0.338 e. The van der Waals surface area contributed by atoms with E-state index in [2.05, 4.69) is 5.32 Å². The Hall–Kier alpha value is -4.26. The molecule has 1 N–H and O–H groups in total. The number of benzene rings is 4. The minimum absolute atomic E-state index is 0.210. The standard InChI is InChI=1S/C31H23Cl2N3O3/c1-18-6-10-20(11-7-18)29-30(21-12-8-19(2)9-13-21)36-26-16-22(14-15-24(26)35-29)31(38)39-17-27(37)34-25-5-3-4-23(32)28(25)33/h3-16H,17H2,1-2H3,(H,34,37). The van der Waals surface area contributed by atoms with Crippen LogP contribution < -0.4 is 5.32 Å². The Bertz CT molecular complexity index is 1700. The number of fused-ring (bicyclic) bond motifs is 1. The van der Waals surface area contributed by atoms with Gasteiger partial charge in [0.15, 0.2) is 6.61 Å². The van der Waals surface area contributed by atoms with Crippen LogP contribution in [-0.4, -0.2) is 28.5 Å². The number of halogens is 2. The van der Waals surface area contributed by atoms with Crippen LogP contribution in [-0.2, 0) is 9.53 Å². The molecule has 5 rings (SSSR count). The molecule has 0 radical (unpaired) electrons. The molecule has 6 nitrogen and oxygen atoms in total. The highest BCUT2D eigenvalue weighted by atomic mass is 35.5. The number of aryl methyl sites for hydroxylation is 2. The normalized spacial score (nSPS) is 10.9. The fourth-order valence-electron chi connectivity index (χ4n) is 4.01. The molecule has 0 aliphatic rings. The van der Waals surface area contributed by atoms with Crippen molar-refractivity contribution in [2.24, 2.45) is 0 Å². The highest BCUT2D eigenvalue weighted by Gasteiger charge is 2.17. The first-order valence-electron chi connectivity index (χ1n) is 12.2. The number of carbonyl (C=O) groups is 2. The van der Waals surface area contributed by atoms with E-state index in [1.807, 2.05) is 62.4 Å². The summed E-state index contributed by atoms with van der Waals surface area (Å²) in [6, 6.07) is 26.0. The predicted molar refractivity (Wildman–Crippen MR) is 155 cm³/mol. The Morgan fingerprint density at radius 2 is 1.36 bits per heavy atom. The highest BCUT2D eigenvalue weighted by Crippen LogP contribution is 2.32. The van der Waals surface area contributed by atoms with E-state index in [0.29, 0.717) is 27.4 Å². The molecule has 0 atom stereocenters. The molecule has 0 bridgehead atoms. The number of hydrogen-bond donors (Lipinski definition) is 1. The molecular weight excluding hydrogens is 533 g/mol. The second-order valence-corrected chi connectivity index (χ2v) is 9.87. The second-order valence-electron chi connectivity index (χ2n) is 9.08. The summed E-state index contributed by atoms with van der Waals surface area (Å²) in [6.45, 7) is 3.57. The summed E-state index contributed by atoms with van der Waals surface area (Å²) < 4.78 is 5.24. The number of ether oxygens (including phenoxy) is 1. The number of aromatic nitrogens is 2. The SMILES string of the molecule is Cc1ccc(-c2nc3ccc(C(=O)OCC(=O)Nc4cccc(Cl)c4Cl)cc3nc2-c2ccc(C)cc2)cc1. The topological polar surface area (TPSA) is 81.2 Å². The summed E-state index contributed by atoms with van der Waals surface area (Å²) in [6.07, 6.45) is 0. The third kappa shape index (κ3) is 5.93. The molecule has 1 heterocycles. The Balaban J connectivity index is 1.42. The first-order valence-corrected chi connectivity index (χ1v) is 12.9. The Kier molecular flexibility index (Phi) is 7.59. The average molecular weight is 556 g/mol. The van der Waals surface area contributed by atoms with Crippen molar-refractivity contribution in [3.8, 4) is 22.5 Å². The molecule has 0 saturated heterocycles. The summed E-state index contributed by atoms with van der Waals surface area (Å²) in [5.41, 5.74) is 7.34. The quantitative estimate of drug-likeness (QED) is 0.217. The van der Waals surface area contributed by atoms with Gasteiger partial charge in [-0.2, -0.15) is 0 Å². The van der Waals surface area contributed by atoms with E-state index in [4.69, 9.17) is 37.9 Å². The molecule has 5 aromatic rings. The summed E-state index contributed by atoms with van der Waals surface area (Å²) in [7, 11) is 0. The molecule has 0 aliphatic carbocycles. The van der Waals surface area contributed by atoms with Gasteiger partial charge in [-0.3, -0.25) is 4.79 Å². The lowest BCUT2D eigenvalue weighted by Crippen LogP contribution is -2.21. The van der Waals surface area contributed by atoms with E-state index in [1.54, 1.807) is 36.4 Å². The van der Waals surface area contributed by atoms with Crippen LogP contribution >= 0.6 is 23.2 Å². The zero-order valence-electron chi connectivity index (χ0n) is 21.2. The number of esters is 1. The molecule has 8 heteroatoms. The van der Waals surface area contributed by atoms with Gasteiger partial charge >= 0.3 is 5.97 Å². The number of rotatable bonds is 6. The van der Waals surface area contributed by atoms with Crippen molar-refractivity contribution in [2.75, 3.05) is 11.9 Å². The van der Waals surface area contributed by atoms with Crippen LogP contribution in [0.25, 0.3) is 33.5 Å². The molecule has 0 fully saturated rings. The molecule has 0 unspecified atom stereocenters.